The van der Waals surface area contributed by atoms with E-state index in [1.165, 1.54) is 0 Å². The van der Waals surface area contributed by atoms with Crippen LogP contribution in [0.1, 0.15) is 40.2 Å². The Labute approximate surface area is 113 Å². The highest BCUT2D eigenvalue weighted by Gasteiger charge is 2.26. The van der Waals surface area contributed by atoms with Crippen LogP contribution in [0.25, 0.3) is 0 Å². The first-order valence-electron chi connectivity index (χ1n) is 6.26. The van der Waals surface area contributed by atoms with Gasteiger partial charge >= 0.3 is 11.9 Å². The number of ether oxygens (including phenoxy) is 1. The summed E-state index contributed by atoms with van der Waals surface area (Å²) >= 11 is 0. The summed E-state index contributed by atoms with van der Waals surface area (Å²) in [6, 6.07) is 1.94. The Hall–Kier alpha value is -1.78. The van der Waals surface area contributed by atoms with E-state index in [-0.39, 0.29) is 5.41 Å². The first-order valence-corrected chi connectivity index (χ1v) is 6.26. The van der Waals surface area contributed by atoms with E-state index in [0.717, 1.165) is 5.56 Å². The van der Waals surface area contributed by atoms with Gasteiger partial charge in [-0.2, -0.15) is 0 Å². The Morgan fingerprint density at radius 3 is 2.37 bits per heavy atom. The van der Waals surface area contributed by atoms with Crippen molar-refractivity contribution in [3.05, 3.63) is 24.0 Å². The summed E-state index contributed by atoms with van der Waals surface area (Å²) in [4.78, 5) is 26.1. The minimum Gasteiger partial charge on any atom is -0.453 e. The minimum atomic E-state index is -0.850. The van der Waals surface area contributed by atoms with Gasteiger partial charge in [0.15, 0.2) is 0 Å². The van der Waals surface area contributed by atoms with Crippen molar-refractivity contribution in [2.45, 2.75) is 45.6 Å². The number of hydrogen-bond donors (Lipinski definition) is 2. The molecule has 5 nitrogen and oxygen atoms in total. The number of hydrogen-bond acceptors (Lipinski definition) is 3. The molecule has 0 aliphatic carbocycles. The van der Waals surface area contributed by atoms with E-state index in [1.54, 1.807) is 20.8 Å². The van der Waals surface area contributed by atoms with Gasteiger partial charge in [-0.1, -0.05) is 13.8 Å². The van der Waals surface area contributed by atoms with Crippen molar-refractivity contribution in [2.75, 3.05) is 6.54 Å². The van der Waals surface area contributed by atoms with E-state index >= 15 is 0 Å². The number of carbonyl (C=O) groups excluding carboxylic acids is 2. The molecule has 19 heavy (non-hydrogen) atoms. The zero-order valence-corrected chi connectivity index (χ0v) is 12.2. The van der Waals surface area contributed by atoms with E-state index < -0.39 is 17.5 Å². The fraction of sp³-hybridized carbons (Fsp3) is 0.571. The fourth-order valence-electron chi connectivity index (χ4n) is 1.54. The van der Waals surface area contributed by atoms with E-state index in [1.807, 2.05) is 32.3 Å². The van der Waals surface area contributed by atoms with Crippen molar-refractivity contribution in [1.82, 2.24) is 10.3 Å². The first-order chi connectivity index (χ1) is 8.62. The second-order valence-electron chi connectivity index (χ2n) is 6.17. The largest absolute Gasteiger partial charge is 0.453 e. The average Bonchev–Trinajstić information content (AvgIpc) is 2.77. The van der Waals surface area contributed by atoms with Gasteiger partial charge in [0, 0.05) is 24.4 Å². The third-order valence-corrected chi connectivity index (χ3v) is 2.65. The standard InChI is InChI=1S/C14H22N2O3/c1-13(2,3)19-12(18)11(17)16-9-14(4,5)10-6-7-15-8-10/h6-8,15H,9H2,1-5H3,(H,16,17). The average molecular weight is 266 g/mol. The highest BCUT2D eigenvalue weighted by Crippen LogP contribution is 2.21. The lowest BCUT2D eigenvalue weighted by Gasteiger charge is -2.24. The first kappa shape index (κ1) is 15.3. The van der Waals surface area contributed by atoms with Crippen LogP contribution < -0.4 is 5.32 Å². The lowest BCUT2D eigenvalue weighted by molar-refractivity contribution is -0.163. The normalized spacial score (nSPS) is 12.1. The lowest BCUT2D eigenvalue weighted by Crippen LogP contribution is -2.42. The maximum atomic E-state index is 11.6. The van der Waals surface area contributed by atoms with Gasteiger partial charge in [0.25, 0.3) is 0 Å². The topological polar surface area (TPSA) is 71.2 Å². The highest BCUT2D eigenvalue weighted by molar-refractivity contribution is 6.32. The third kappa shape index (κ3) is 4.77. The Balaban J connectivity index is 2.53. The molecule has 0 bridgehead atoms. The minimum absolute atomic E-state index is 0.252. The molecule has 1 amide bonds. The number of aromatic nitrogens is 1. The molecule has 0 aliphatic heterocycles. The molecule has 0 atom stereocenters. The van der Waals surface area contributed by atoms with Gasteiger partial charge in [-0.05, 0) is 32.4 Å². The molecule has 0 fully saturated rings. The molecule has 0 saturated heterocycles. The van der Waals surface area contributed by atoms with Gasteiger partial charge < -0.3 is 15.0 Å². The Bertz CT molecular complexity index is 442. The Morgan fingerprint density at radius 2 is 1.89 bits per heavy atom. The second kappa shape index (κ2) is 5.47. The predicted molar refractivity (Wildman–Crippen MR) is 72.7 cm³/mol. The van der Waals surface area contributed by atoms with Gasteiger partial charge in [-0.3, -0.25) is 4.79 Å². The van der Waals surface area contributed by atoms with Crippen molar-refractivity contribution in [3.63, 3.8) is 0 Å². The smallest absolute Gasteiger partial charge is 0.397 e. The molecule has 0 aromatic carbocycles. The summed E-state index contributed by atoms with van der Waals surface area (Å²) in [7, 11) is 0. The Morgan fingerprint density at radius 1 is 1.26 bits per heavy atom. The number of rotatable bonds is 3. The van der Waals surface area contributed by atoms with E-state index in [9.17, 15) is 9.59 Å². The van der Waals surface area contributed by atoms with E-state index in [2.05, 4.69) is 10.3 Å². The van der Waals surface area contributed by atoms with Crippen LogP contribution in [-0.2, 0) is 19.7 Å². The van der Waals surface area contributed by atoms with Gasteiger partial charge in [0.05, 0.1) is 0 Å². The van der Waals surface area contributed by atoms with Crippen molar-refractivity contribution in [3.8, 4) is 0 Å². The molecule has 1 heterocycles. The summed E-state index contributed by atoms with van der Waals surface area (Å²) in [6.07, 6.45) is 3.70. The van der Waals surface area contributed by atoms with Gasteiger partial charge in [-0.25, -0.2) is 4.79 Å². The summed E-state index contributed by atoms with van der Waals surface area (Å²) < 4.78 is 5.00. The maximum absolute atomic E-state index is 11.6. The number of esters is 1. The molecule has 0 radical (unpaired) electrons. The molecule has 2 N–H and O–H groups in total. The molecule has 0 aliphatic rings. The molecular weight excluding hydrogens is 244 g/mol. The summed E-state index contributed by atoms with van der Waals surface area (Å²) in [6.45, 7) is 9.52. The Kier molecular flexibility index (Phi) is 4.39. The van der Waals surface area contributed by atoms with Crippen LogP contribution in [0.15, 0.2) is 18.5 Å². The molecule has 0 saturated carbocycles. The zero-order chi connectivity index (χ0) is 14.7. The van der Waals surface area contributed by atoms with Crippen LogP contribution >= 0.6 is 0 Å². The van der Waals surface area contributed by atoms with Crippen molar-refractivity contribution in [1.29, 1.82) is 0 Å². The molecule has 0 unspecified atom stereocenters. The van der Waals surface area contributed by atoms with Crippen molar-refractivity contribution >= 4 is 11.9 Å². The summed E-state index contributed by atoms with van der Waals surface area (Å²) in [5, 5.41) is 2.61. The lowest BCUT2D eigenvalue weighted by atomic mass is 9.86. The van der Waals surface area contributed by atoms with Gasteiger partial charge in [0.2, 0.25) is 0 Å². The maximum Gasteiger partial charge on any atom is 0.397 e. The number of amides is 1. The SMILES string of the molecule is CC(C)(C)OC(=O)C(=O)NCC(C)(C)c1cc[nH]c1. The van der Waals surface area contributed by atoms with Crippen LogP contribution in [-0.4, -0.2) is 29.0 Å². The predicted octanol–water partition coefficient (Wildman–Crippen LogP) is 1.75. The summed E-state index contributed by atoms with van der Waals surface area (Å²) in [5.74, 6) is -1.56. The molecule has 5 heteroatoms. The van der Waals surface area contributed by atoms with Crippen LogP contribution in [0, 0.1) is 0 Å². The molecule has 1 rings (SSSR count). The molecular formula is C14H22N2O3. The van der Waals surface area contributed by atoms with E-state index in [4.69, 9.17) is 4.74 Å². The second-order valence-corrected chi connectivity index (χ2v) is 6.17. The fourth-order valence-corrected chi connectivity index (χ4v) is 1.54. The van der Waals surface area contributed by atoms with Gasteiger partial charge in [-0.15, -0.1) is 0 Å². The van der Waals surface area contributed by atoms with Crippen molar-refractivity contribution in [2.24, 2.45) is 0 Å². The van der Waals surface area contributed by atoms with Crippen molar-refractivity contribution < 1.29 is 14.3 Å². The van der Waals surface area contributed by atoms with Crippen LogP contribution in [0.2, 0.25) is 0 Å². The van der Waals surface area contributed by atoms with Crippen LogP contribution in [0.5, 0.6) is 0 Å². The number of aromatic amines is 1. The molecule has 1 aromatic rings. The molecule has 1 aromatic heterocycles. The van der Waals surface area contributed by atoms with Crippen LogP contribution in [0.3, 0.4) is 0 Å². The number of H-pyrrole nitrogens is 1. The van der Waals surface area contributed by atoms with Gasteiger partial charge in [0.1, 0.15) is 5.60 Å². The monoisotopic (exact) mass is 266 g/mol. The molecule has 106 valence electrons. The quantitative estimate of drug-likeness (QED) is 0.646. The van der Waals surface area contributed by atoms with E-state index in [0.29, 0.717) is 6.54 Å². The molecule has 0 spiro atoms. The summed E-state index contributed by atoms with van der Waals surface area (Å²) in [5.41, 5.74) is 0.152. The highest BCUT2D eigenvalue weighted by atomic mass is 16.6. The third-order valence-electron chi connectivity index (χ3n) is 2.65. The number of carbonyl (C=O) groups is 2. The zero-order valence-electron chi connectivity index (χ0n) is 12.2. The number of nitrogens with one attached hydrogen (secondary N) is 2. The van der Waals surface area contributed by atoms with Crippen LogP contribution in [0.4, 0.5) is 0 Å².